The number of hydrogen-bond acceptors (Lipinski definition) is 3. The SMILES string of the molecule is COc1ccc(CC2(C)CCNCC2)cc1OC. The number of hydrogen-bond donors (Lipinski definition) is 1. The van der Waals surface area contributed by atoms with Gasteiger partial charge in [0.2, 0.25) is 0 Å². The van der Waals surface area contributed by atoms with E-state index in [0.717, 1.165) is 31.0 Å². The summed E-state index contributed by atoms with van der Waals surface area (Å²) in [5, 5.41) is 3.42. The number of piperidine rings is 1. The van der Waals surface area contributed by atoms with Crippen molar-refractivity contribution in [1.29, 1.82) is 0 Å². The molecular weight excluding hydrogens is 226 g/mol. The predicted octanol–water partition coefficient (Wildman–Crippen LogP) is 2.64. The summed E-state index contributed by atoms with van der Waals surface area (Å²) >= 11 is 0. The smallest absolute Gasteiger partial charge is 0.160 e. The molecule has 0 amide bonds. The van der Waals surface area contributed by atoms with E-state index in [-0.39, 0.29) is 0 Å². The molecule has 0 bridgehead atoms. The Morgan fingerprint density at radius 2 is 1.78 bits per heavy atom. The van der Waals surface area contributed by atoms with Gasteiger partial charge in [0.05, 0.1) is 14.2 Å². The monoisotopic (exact) mass is 249 g/mol. The highest BCUT2D eigenvalue weighted by atomic mass is 16.5. The molecular formula is C15H23NO2. The second-order valence-corrected chi connectivity index (χ2v) is 5.43. The van der Waals surface area contributed by atoms with Crippen LogP contribution in [0.2, 0.25) is 0 Å². The van der Waals surface area contributed by atoms with Crippen molar-refractivity contribution in [2.75, 3.05) is 27.3 Å². The Morgan fingerprint density at radius 3 is 2.39 bits per heavy atom. The van der Waals surface area contributed by atoms with E-state index in [2.05, 4.69) is 24.4 Å². The van der Waals surface area contributed by atoms with Gasteiger partial charge in [0.25, 0.3) is 0 Å². The average molecular weight is 249 g/mol. The van der Waals surface area contributed by atoms with Gasteiger partial charge in [-0.3, -0.25) is 0 Å². The van der Waals surface area contributed by atoms with Crippen LogP contribution in [0.15, 0.2) is 18.2 Å². The molecule has 0 atom stereocenters. The molecule has 18 heavy (non-hydrogen) atoms. The third-order valence-corrected chi connectivity index (χ3v) is 3.89. The van der Waals surface area contributed by atoms with Crippen molar-refractivity contribution in [3.8, 4) is 11.5 Å². The van der Waals surface area contributed by atoms with Gasteiger partial charge in [0, 0.05) is 0 Å². The first-order chi connectivity index (χ1) is 8.67. The molecule has 1 aliphatic rings. The quantitative estimate of drug-likeness (QED) is 0.890. The van der Waals surface area contributed by atoms with E-state index < -0.39 is 0 Å². The zero-order chi connectivity index (χ0) is 13.0. The van der Waals surface area contributed by atoms with Crippen LogP contribution in [-0.2, 0) is 6.42 Å². The Labute approximate surface area is 109 Å². The Balaban J connectivity index is 2.13. The molecule has 0 unspecified atom stereocenters. The molecule has 0 spiro atoms. The van der Waals surface area contributed by atoms with Gasteiger partial charge in [-0.2, -0.15) is 0 Å². The lowest BCUT2D eigenvalue weighted by molar-refractivity contribution is 0.228. The summed E-state index contributed by atoms with van der Waals surface area (Å²) in [5.74, 6) is 1.63. The lowest BCUT2D eigenvalue weighted by atomic mass is 9.76. The third kappa shape index (κ3) is 2.96. The first-order valence-electron chi connectivity index (χ1n) is 6.58. The molecule has 1 heterocycles. The van der Waals surface area contributed by atoms with Crippen molar-refractivity contribution in [3.63, 3.8) is 0 Å². The van der Waals surface area contributed by atoms with Crippen LogP contribution in [0.3, 0.4) is 0 Å². The number of ether oxygens (including phenoxy) is 2. The number of rotatable bonds is 4. The Bertz CT molecular complexity index is 397. The molecule has 0 aliphatic carbocycles. The van der Waals surface area contributed by atoms with Crippen molar-refractivity contribution in [3.05, 3.63) is 23.8 Å². The highest BCUT2D eigenvalue weighted by molar-refractivity contribution is 5.43. The van der Waals surface area contributed by atoms with E-state index in [1.54, 1.807) is 14.2 Å². The molecule has 0 aromatic heterocycles. The van der Waals surface area contributed by atoms with Gasteiger partial charge < -0.3 is 14.8 Å². The highest BCUT2D eigenvalue weighted by Gasteiger charge is 2.27. The second kappa shape index (κ2) is 5.61. The first-order valence-corrected chi connectivity index (χ1v) is 6.58. The zero-order valence-electron chi connectivity index (χ0n) is 11.6. The molecule has 1 N–H and O–H groups in total. The lowest BCUT2D eigenvalue weighted by Gasteiger charge is -2.34. The maximum absolute atomic E-state index is 5.36. The minimum absolute atomic E-state index is 0.408. The van der Waals surface area contributed by atoms with E-state index in [9.17, 15) is 0 Å². The molecule has 2 rings (SSSR count). The third-order valence-electron chi connectivity index (χ3n) is 3.89. The summed E-state index contributed by atoms with van der Waals surface area (Å²) in [6, 6.07) is 6.25. The standard InChI is InChI=1S/C15H23NO2/c1-15(6-8-16-9-7-15)11-12-4-5-13(17-2)14(10-12)18-3/h4-5,10,16H,6-9,11H2,1-3H3. The molecule has 3 heteroatoms. The molecule has 3 nitrogen and oxygen atoms in total. The van der Waals surface area contributed by atoms with Crippen LogP contribution in [0.1, 0.15) is 25.3 Å². The Hall–Kier alpha value is -1.22. The first kappa shape index (κ1) is 13.2. The molecule has 0 saturated carbocycles. The Kier molecular flexibility index (Phi) is 4.12. The molecule has 1 saturated heterocycles. The van der Waals surface area contributed by atoms with Gasteiger partial charge >= 0.3 is 0 Å². The van der Waals surface area contributed by atoms with Crippen LogP contribution in [0.5, 0.6) is 11.5 Å². The molecule has 1 aliphatic heterocycles. The van der Waals surface area contributed by atoms with E-state index in [1.165, 1.54) is 18.4 Å². The minimum atomic E-state index is 0.408. The topological polar surface area (TPSA) is 30.5 Å². The minimum Gasteiger partial charge on any atom is -0.493 e. The van der Waals surface area contributed by atoms with Gasteiger partial charge in [0.15, 0.2) is 11.5 Å². The van der Waals surface area contributed by atoms with Crippen LogP contribution in [-0.4, -0.2) is 27.3 Å². The molecule has 0 radical (unpaired) electrons. The van der Waals surface area contributed by atoms with Gasteiger partial charge in [-0.1, -0.05) is 13.0 Å². The summed E-state index contributed by atoms with van der Waals surface area (Å²) in [5.41, 5.74) is 1.74. The van der Waals surface area contributed by atoms with Crippen molar-refractivity contribution in [1.82, 2.24) is 5.32 Å². The van der Waals surface area contributed by atoms with Crippen molar-refractivity contribution in [2.45, 2.75) is 26.2 Å². The number of nitrogens with one attached hydrogen (secondary N) is 1. The van der Waals surface area contributed by atoms with Crippen LogP contribution < -0.4 is 14.8 Å². The van der Waals surface area contributed by atoms with Gasteiger partial charge in [-0.05, 0) is 55.5 Å². The van der Waals surface area contributed by atoms with Crippen molar-refractivity contribution in [2.24, 2.45) is 5.41 Å². The van der Waals surface area contributed by atoms with Crippen LogP contribution in [0.4, 0.5) is 0 Å². The van der Waals surface area contributed by atoms with Crippen LogP contribution in [0.25, 0.3) is 0 Å². The fourth-order valence-electron chi connectivity index (χ4n) is 2.69. The average Bonchev–Trinajstić information content (AvgIpc) is 2.39. The second-order valence-electron chi connectivity index (χ2n) is 5.43. The van der Waals surface area contributed by atoms with Gasteiger partial charge in [-0.15, -0.1) is 0 Å². The summed E-state index contributed by atoms with van der Waals surface area (Å²) in [6.07, 6.45) is 3.58. The fourth-order valence-corrected chi connectivity index (χ4v) is 2.69. The Morgan fingerprint density at radius 1 is 1.11 bits per heavy atom. The highest BCUT2D eigenvalue weighted by Crippen LogP contribution is 2.35. The molecule has 1 fully saturated rings. The maximum atomic E-state index is 5.36. The predicted molar refractivity (Wildman–Crippen MR) is 73.5 cm³/mol. The fraction of sp³-hybridized carbons (Fsp3) is 0.600. The summed E-state index contributed by atoms with van der Waals surface area (Å²) in [6.45, 7) is 4.64. The largest absolute Gasteiger partial charge is 0.493 e. The molecule has 100 valence electrons. The van der Waals surface area contributed by atoms with E-state index in [4.69, 9.17) is 9.47 Å². The van der Waals surface area contributed by atoms with Gasteiger partial charge in [-0.25, -0.2) is 0 Å². The lowest BCUT2D eigenvalue weighted by Crippen LogP contribution is -2.36. The maximum Gasteiger partial charge on any atom is 0.160 e. The van der Waals surface area contributed by atoms with Crippen molar-refractivity contribution < 1.29 is 9.47 Å². The van der Waals surface area contributed by atoms with Crippen molar-refractivity contribution >= 4 is 0 Å². The van der Waals surface area contributed by atoms with E-state index in [1.807, 2.05) is 6.07 Å². The van der Waals surface area contributed by atoms with Crippen LogP contribution >= 0.6 is 0 Å². The number of methoxy groups -OCH3 is 2. The summed E-state index contributed by atoms with van der Waals surface area (Å²) in [7, 11) is 3.36. The molecule has 1 aromatic carbocycles. The number of benzene rings is 1. The summed E-state index contributed by atoms with van der Waals surface area (Å²) < 4.78 is 10.6. The zero-order valence-corrected chi connectivity index (χ0v) is 11.6. The van der Waals surface area contributed by atoms with E-state index >= 15 is 0 Å². The van der Waals surface area contributed by atoms with Crippen LogP contribution in [0, 0.1) is 5.41 Å². The van der Waals surface area contributed by atoms with E-state index in [0.29, 0.717) is 5.41 Å². The molecule has 1 aromatic rings. The normalized spacial score (nSPS) is 18.4. The summed E-state index contributed by atoms with van der Waals surface area (Å²) in [4.78, 5) is 0. The van der Waals surface area contributed by atoms with Gasteiger partial charge in [0.1, 0.15) is 0 Å².